The molecule has 0 saturated carbocycles. The summed E-state index contributed by atoms with van der Waals surface area (Å²) in [5, 5.41) is 0.769. The van der Waals surface area contributed by atoms with Crippen LogP contribution in [0.1, 0.15) is 90.8 Å². The van der Waals surface area contributed by atoms with E-state index in [0.717, 1.165) is 27.6 Å². The zero-order valence-electron chi connectivity index (χ0n) is 24.4. The Kier molecular flexibility index (Phi) is 9.95. The van der Waals surface area contributed by atoms with Crippen LogP contribution in [0.2, 0.25) is 0 Å². The van der Waals surface area contributed by atoms with Crippen molar-refractivity contribution in [3.63, 3.8) is 0 Å². The number of carbonyl (C=O) groups excluding carboxylic acids is 1. The maximum Gasteiger partial charge on any atom is 1.00 e. The Balaban J connectivity index is 0.00000578. The molecular formula is C28H42LiO4P. The average Bonchev–Trinajstić information content (AvgIpc) is 2.52. The summed E-state index contributed by atoms with van der Waals surface area (Å²) >= 11 is 0. The van der Waals surface area contributed by atoms with Crippen molar-refractivity contribution in [3.8, 4) is 17.2 Å². The molecule has 6 heteroatoms. The second-order valence-corrected chi connectivity index (χ2v) is 12.9. The SMILES string of the molecule is Cc1cc(C)c(C(=O)Pc2c(OC(C)(C)C)cc(OC(C)(C)C)cc2OC(C)(C)C)c(C)c1.[H-].[Li+]. The Morgan fingerprint density at radius 1 is 0.706 bits per heavy atom. The van der Waals surface area contributed by atoms with Crippen molar-refractivity contribution in [1.29, 1.82) is 0 Å². The van der Waals surface area contributed by atoms with Gasteiger partial charge in [-0.3, -0.25) is 4.79 Å². The molecule has 0 saturated heterocycles. The van der Waals surface area contributed by atoms with Crippen LogP contribution in [0, 0.1) is 20.8 Å². The standard InChI is InChI=1S/C28H41O4P.Li.H/c1-17-13-18(2)23(19(3)14-17)25(29)33-24-21(31-27(7,8)9)15-20(30-26(4,5)6)16-22(24)32-28(10,11)12;;/h13-16,33H,1-12H3;;/q;+1;-1. The normalized spacial score (nSPS) is 12.5. The summed E-state index contributed by atoms with van der Waals surface area (Å²) in [6.07, 6.45) is 0. The largest absolute Gasteiger partial charge is 1.00 e. The molecule has 184 valence electrons. The molecule has 0 aliphatic carbocycles. The molecule has 2 aromatic rings. The Bertz CT molecular complexity index is 971. The Morgan fingerprint density at radius 3 is 1.44 bits per heavy atom. The van der Waals surface area contributed by atoms with Crippen LogP contribution >= 0.6 is 8.58 Å². The van der Waals surface area contributed by atoms with Gasteiger partial charge in [-0.2, -0.15) is 0 Å². The maximum absolute atomic E-state index is 13.6. The van der Waals surface area contributed by atoms with Crippen LogP contribution < -0.4 is 38.4 Å². The second kappa shape index (κ2) is 11.1. The molecule has 0 radical (unpaired) electrons. The van der Waals surface area contributed by atoms with Crippen molar-refractivity contribution in [2.45, 2.75) is 99.9 Å². The third-order valence-corrected chi connectivity index (χ3v) is 5.66. The van der Waals surface area contributed by atoms with E-state index < -0.39 is 11.2 Å². The summed E-state index contributed by atoms with van der Waals surface area (Å²) in [4.78, 5) is 13.6. The quantitative estimate of drug-likeness (QED) is 0.454. The van der Waals surface area contributed by atoms with Crippen LogP contribution in [0.15, 0.2) is 24.3 Å². The van der Waals surface area contributed by atoms with Crippen molar-refractivity contribution >= 4 is 19.4 Å². The van der Waals surface area contributed by atoms with E-state index in [0.29, 0.717) is 17.2 Å². The number of hydrogen-bond acceptors (Lipinski definition) is 4. The van der Waals surface area contributed by atoms with Crippen LogP contribution in [0.3, 0.4) is 0 Å². The van der Waals surface area contributed by atoms with Crippen molar-refractivity contribution in [2.24, 2.45) is 0 Å². The van der Waals surface area contributed by atoms with Gasteiger partial charge in [-0.05, 0) is 103 Å². The minimum Gasteiger partial charge on any atom is -1.00 e. The van der Waals surface area contributed by atoms with Gasteiger partial charge in [0.1, 0.15) is 34.1 Å². The van der Waals surface area contributed by atoms with Gasteiger partial charge in [0.05, 0.1) is 5.30 Å². The topological polar surface area (TPSA) is 44.8 Å². The predicted molar refractivity (Wildman–Crippen MR) is 142 cm³/mol. The van der Waals surface area contributed by atoms with Crippen LogP contribution in [0.25, 0.3) is 0 Å². The van der Waals surface area contributed by atoms with Crippen molar-refractivity contribution < 1.29 is 39.3 Å². The molecule has 0 heterocycles. The van der Waals surface area contributed by atoms with E-state index >= 15 is 0 Å². The van der Waals surface area contributed by atoms with Gasteiger partial charge in [-0.1, -0.05) is 17.7 Å². The van der Waals surface area contributed by atoms with Crippen LogP contribution in [-0.4, -0.2) is 22.3 Å². The number of carbonyl (C=O) groups is 1. The number of hydrogen-bond donors (Lipinski definition) is 0. The molecule has 0 aliphatic rings. The Morgan fingerprint density at radius 2 is 1.09 bits per heavy atom. The van der Waals surface area contributed by atoms with E-state index in [9.17, 15) is 4.79 Å². The van der Waals surface area contributed by atoms with Gasteiger partial charge in [-0.15, -0.1) is 0 Å². The first kappa shape index (κ1) is 30.6. The first-order valence-electron chi connectivity index (χ1n) is 11.5. The predicted octanol–water partition coefficient (Wildman–Crippen LogP) is 4.40. The van der Waals surface area contributed by atoms with Gasteiger partial charge in [-0.25, -0.2) is 0 Å². The fraction of sp³-hybridized carbons (Fsp3) is 0.536. The fourth-order valence-corrected chi connectivity index (χ4v) is 4.88. The van der Waals surface area contributed by atoms with Gasteiger partial charge >= 0.3 is 18.9 Å². The zero-order chi connectivity index (χ0) is 25.4. The van der Waals surface area contributed by atoms with E-state index in [1.807, 2.05) is 88.3 Å². The van der Waals surface area contributed by atoms with Crippen LogP contribution in [0.4, 0.5) is 0 Å². The minimum atomic E-state index is -0.447. The summed E-state index contributed by atoms with van der Waals surface area (Å²) < 4.78 is 18.9. The number of ether oxygens (including phenoxy) is 3. The van der Waals surface area contributed by atoms with Gasteiger partial charge in [0.2, 0.25) is 0 Å². The van der Waals surface area contributed by atoms with Crippen LogP contribution in [0.5, 0.6) is 17.2 Å². The fourth-order valence-electron chi connectivity index (χ4n) is 3.64. The van der Waals surface area contributed by atoms with Gasteiger partial charge in [0.15, 0.2) is 5.52 Å². The summed E-state index contributed by atoms with van der Waals surface area (Å²) in [6, 6.07) is 7.89. The number of aryl methyl sites for hydroxylation is 3. The van der Waals surface area contributed by atoms with Crippen molar-refractivity contribution in [1.82, 2.24) is 0 Å². The molecule has 1 atom stereocenters. The molecule has 0 fully saturated rings. The van der Waals surface area contributed by atoms with Crippen molar-refractivity contribution in [2.75, 3.05) is 0 Å². The van der Waals surface area contributed by atoms with Gasteiger partial charge in [0.25, 0.3) is 0 Å². The second-order valence-electron chi connectivity index (χ2n) is 11.7. The molecular weight excluding hydrogens is 438 g/mol. The summed E-state index contributed by atoms with van der Waals surface area (Å²) in [7, 11) is -0.145. The number of rotatable bonds is 6. The summed E-state index contributed by atoms with van der Waals surface area (Å²) in [5.74, 6) is 1.90. The molecule has 0 bridgehead atoms. The van der Waals surface area contributed by atoms with Gasteiger partial charge in [0, 0.05) is 17.7 Å². The molecule has 2 aromatic carbocycles. The van der Waals surface area contributed by atoms with Gasteiger partial charge < -0.3 is 15.6 Å². The van der Waals surface area contributed by atoms with E-state index in [-0.39, 0.29) is 40.0 Å². The molecule has 0 N–H and O–H groups in total. The molecule has 4 nitrogen and oxygen atoms in total. The van der Waals surface area contributed by atoms with E-state index in [1.54, 1.807) is 0 Å². The minimum absolute atomic E-state index is 0. The van der Waals surface area contributed by atoms with E-state index in [4.69, 9.17) is 14.2 Å². The number of benzene rings is 2. The van der Waals surface area contributed by atoms with E-state index in [2.05, 4.69) is 19.1 Å². The molecule has 34 heavy (non-hydrogen) atoms. The van der Waals surface area contributed by atoms with Crippen molar-refractivity contribution in [3.05, 3.63) is 46.5 Å². The Hall–Kier alpha value is -1.46. The molecule has 0 aliphatic heterocycles. The monoisotopic (exact) mass is 480 g/mol. The molecule has 1 unspecified atom stereocenters. The smallest absolute Gasteiger partial charge is 1.00 e. The van der Waals surface area contributed by atoms with E-state index in [1.165, 1.54) is 0 Å². The third-order valence-electron chi connectivity index (χ3n) is 4.44. The molecule has 0 aromatic heterocycles. The first-order chi connectivity index (χ1) is 14.8. The maximum atomic E-state index is 13.6. The first-order valence-corrected chi connectivity index (χ1v) is 12.5. The molecule has 0 amide bonds. The summed E-state index contributed by atoms with van der Waals surface area (Å²) in [6.45, 7) is 24.0. The third kappa shape index (κ3) is 9.30. The Labute approximate surface area is 222 Å². The molecule has 0 spiro atoms. The zero-order valence-corrected chi connectivity index (χ0v) is 24.4. The van der Waals surface area contributed by atoms with Crippen LogP contribution in [-0.2, 0) is 0 Å². The molecule has 2 rings (SSSR count). The summed E-state index contributed by atoms with van der Waals surface area (Å²) in [5.41, 5.74) is 2.72. The average molecular weight is 481 g/mol.